The van der Waals surface area contributed by atoms with E-state index in [0.717, 1.165) is 55.1 Å². The van der Waals surface area contributed by atoms with Crippen LogP contribution in [0.2, 0.25) is 10.0 Å². The van der Waals surface area contributed by atoms with Crippen LogP contribution in [0.3, 0.4) is 0 Å². The van der Waals surface area contributed by atoms with Gasteiger partial charge in [0.15, 0.2) is 0 Å². The second-order valence-corrected chi connectivity index (χ2v) is 9.23. The molecule has 7 heteroatoms. The molecule has 1 aliphatic rings. The number of piperidine rings is 1. The summed E-state index contributed by atoms with van der Waals surface area (Å²) in [7, 11) is 0. The van der Waals surface area contributed by atoms with E-state index in [4.69, 9.17) is 23.2 Å². The molecule has 0 spiro atoms. The van der Waals surface area contributed by atoms with E-state index in [0.29, 0.717) is 16.6 Å². The summed E-state index contributed by atoms with van der Waals surface area (Å²) in [6, 6.07) is 12.1. The Kier molecular flexibility index (Phi) is 8.67. The van der Waals surface area contributed by atoms with Crippen LogP contribution in [0.25, 0.3) is 0 Å². The fourth-order valence-electron chi connectivity index (χ4n) is 3.47. The topological polar surface area (TPSA) is 32.3 Å². The van der Waals surface area contributed by atoms with Crippen molar-refractivity contribution >= 4 is 40.9 Å². The number of hydrogen-bond donors (Lipinski definition) is 1. The molecule has 2 aromatic carbocycles. The number of carbonyl (C=O) groups excluding carboxylic acids is 1. The van der Waals surface area contributed by atoms with Gasteiger partial charge in [0.05, 0.1) is 5.92 Å². The minimum Gasteiger partial charge on any atom is -0.355 e. The van der Waals surface area contributed by atoms with Gasteiger partial charge in [-0.2, -0.15) is 11.8 Å². The maximum atomic E-state index is 13.1. The number of amides is 1. The van der Waals surface area contributed by atoms with E-state index in [1.807, 2.05) is 24.3 Å². The van der Waals surface area contributed by atoms with Crippen molar-refractivity contribution in [1.29, 1.82) is 0 Å². The number of thioether (sulfide) groups is 1. The molecule has 0 bridgehead atoms. The molecule has 0 aliphatic carbocycles. The maximum absolute atomic E-state index is 13.1. The SMILES string of the molecule is O=C(NCCSCc1ccc(Cl)cc1Cl)C1CCCN(Cc2ccc(F)cc2)C1. The molecule has 1 fully saturated rings. The predicted octanol–water partition coefficient (Wildman–Crippen LogP) is 5.39. The van der Waals surface area contributed by atoms with Crippen LogP contribution in [0, 0.1) is 11.7 Å². The van der Waals surface area contributed by atoms with Crippen molar-refractivity contribution in [2.45, 2.75) is 25.1 Å². The largest absolute Gasteiger partial charge is 0.355 e. The molecule has 1 aliphatic heterocycles. The van der Waals surface area contributed by atoms with Crippen molar-refractivity contribution < 1.29 is 9.18 Å². The lowest BCUT2D eigenvalue weighted by atomic mass is 9.96. The molecule has 156 valence electrons. The average molecular weight is 455 g/mol. The van der Waals surface area contributed by atoms with E-state index in [1.165, 1.54) is 12.1 Å². The fourth-order valence-corrected chi connectivity index (χ4v) is 4.89. The van der Waals surface area contributed by atoms with Gasteiger partial charge in [0.2, 0.25) is 5.91 Å². The third-order valence-corrected chi connectivity index (χ3v) is 6.61. The number of rotatable bonds is 8. The third kappa shape index (κ3) is 7.18. The van der Waals surface area contributed by atoms with Gasteiger partial charge in [-0.25, -0.2) is 4.39 Å². The summed E-state index contributed by atoms with van der Waals surface area (Å²) < 4.78 is 13.1. The van der Waals surface area contributed by atoms with Crippen molar-refractivity contribution in [2.24, 2.45) is 5.92 Å². The van der Waals surface area contributed by atoms with Crippen molar-refractivity contribution in [2.75, 3.05) is 25.4 Å². The molecule has 1 N–H and O–H groups in total. The number of nitrogens with one attached hydrogen (secondary N) is 1. The van der Waals surface area contributed by atoms with Crippen LogP contribution >= 0.6 is 35.0 Å². The molecule has 3 nitrogen and oxygen atoms in total. The Morgan fingerprint density at radius 2 is 2.00 bits per heavy atom. The average Bonchev–Trinajstić information content (AvgIpc) is 2.71. The van der Waals surface area contributed by atoms with E-state index in [9.17, 15) is 9.18 Å². The van der Waals surface area contributed by atoms with Gasteiger partial charge in [0.25, 0.3) is 0 Å². The lowest BCUT2D eigenvalue weighted by molar-refractivity contribution is -0.126. The van der Waals surface area contributed by atoms with Crippen LogP contribution in [-0.2, 0) is 17.1 Å². The van der Waals surface area contributed by atoms with Crippen LogP contribution in [-0.4, -0.2) is 36.2 Å². The second-order valence-electron chi connectivity index (χ2n) is 7.28. The normalized spacial score (nSPS) is 17.3. The summed E-state index contributed by atoms with van der Waals surface area (Å²) in [5.41, 5.74) is 2.13. The summed E-state index contributed by atoms with van der Waals surface area (Å²) in [5, 5.41) is 4.38. The molecule has 3 rings (SSSR count). The quantitative estimate of drug-likeness (QED) is 0.542. The molecule has 2 aromatic rings. The minimum atomic E-state index is -0.221. The first-order valence-electron chi connectivity index (χ1n) is 9.77. The van der Waals surface area contributed by atoms with Gasteiger partial charge in [0, 0.05) is 41.2 Å². The van der Waals surface area contributed by atoms with Crippen molar-refractivity contribution in [3.8, 4) is 0 Å². The Labute approximate surface area is 185 Å². The molecule has 1 heterocycles. The lowest BCUT2D eigenvalue weighted by Crippen LogP contribution is -2.43. The molecule has 1 amide bonds. The van der Waals surface area contributed by atoms with E-state index in [-0.39, 0.29) is 17.6 Å². The van der Waals surface area contributed by atoms with Crippen molar-refractivity contribution in [3.63, 3.8) is 0 Å². The molecule has 0 aromatic heterocycles. The standard InChI is InChI=1S/C22H25Cl2FN2OS/c23-19-6-5-18(21(24)12-19)15-29-11-9-26-22(28)17-2-1-10-27(14-17)13-16-3-7-20(25)8-4-16/h3-8,12,17H,1-2,9-11,13-15H2,(H,26,28). The highest BCUT2D eigenvalue weighted by Crippen LogP contribution is 2.24. The van der Waals surface area contributed by atoms with Crippen LogP contribution in [0.4, 0.5) is 4.39 Å². The van der Waals surface area contributed by atoms with Crippen LogP contribution < -0.4 is 5.32 Å². The second kappa shape index (κ2) is 11.2. The van der Waals surface area contributed by atoms with Crippen molar-refractivity contribution in [1.82, 2.24) is 10.2 Å². The first-order chi connectivity index (χ1) is 14.0. The van der Waals surface area contributed by atoms with Gasteiger partial charge in [-0.1, -0.05) is 41.4 Å². The van der Waals surface area contributed by atoms with Gasteiger partial charge < -0.3 is 5.32 Å². The number of carbonyl (C=O) groups is 1. The van der Waals surface area contributed by atoms with E-state index < -0.39 is 0 Å². The maximum Gasteiger partial charge on any atom is 0.224 e. The Balaban J connectivity index is 1.37. The Bertz CT molecular complexity index is 819. The monoisotopic (exact) mass is 454 g/mol. The van der Waals surface area contributed by atoms with E-state index >= 15 is 0 Å². The molecule has 0 saturated carbocycles. The minimum absolute atomic E-state index is 0.0138. The summed E-state index contributed by atoms with van der Waals surface area (Å²) in [5.74, 6) is 1.54. The van der Waals surface area contributed by atoms with Gasteiger partial charge >= 0.3 is 0 Å². The smallest absolute Gasteiger partial charge is 0.224 e. The first-order valence-corrected chi connectivity index (χ1v) is 11.7. The summed E-state index contributed by atoms with van der Waals surface area (Å²) in [6.07, 6.45) is 1.92. The zero-order chi connectivity index (χ0) is 20.6. The van der Waals surface area contributed by atoms with Gasteiger partial charge in [0.1, 0.15) is 5.82 Å². The predicted molar refractivity (Wildman–Crippen MR) is 120 cm³/mol. The van der Waals surface area contributed by atoms with Crippen LogP contribution in [0.5, 0.6) is 0 Å². The number of likely N-dealkylation sites (tertiary alicyclic amines) is 1. The molecule has 1 saturated heterocycles. The number of halogens is 3. The zero-order valence-corrected chi connectivity index (χ0v) is 18.5. The van der Waals surface area contributed by atoms with E-state index in [1.54, 1.807) is 17.8 Å². The van der Waals surface area contributed by atoms with Gasteiger partial charge in [-0.3, -0.25) is 9.69 Å². The summed E-state index contributed by atoms with van der Waals surface area (Å²) >= 11 is 13.8. The lowest BCUT2D eigenvalue weighted by Gasteiger charge is -2.32. The highest BCUT2D eigenvalue weighted by Gasteiger charge is 2.25. The summed E-state index contributed by atoms with van der Waals surface area (Å²) in [6.45, 7) is 3.11. The molecule has 1 atom stereocenters. The van der Waals surface area contributed by atoms with E-state index in [2.05, 4.69) is 10.2 Å². The highest BCUT2D eigenvalue weighted by molar-refractivity contribution is 7.98. The molecule has 1 unspecified atom stereocenters. The fraction of sp³-hybridized carbons (Fsp3) is 0.409. The molecule has 29 heavy (non-hydrogen) atoms. The third-order valence-electron chi connectivity index (χ3n) is 5.01. The molecule has 0 radical (unpaired) electrons. The molecular weight excluding hydrogens is 430 g/mol. The number of hydrogen-bond acceptors (Lipinski definition) is 3. The van der Waals surface area contributed by atoms with Gasteiger partial charge in [-0.15, -0.1) is 0 Å². The van der Waals surface area contributed by atoms with Gasteiger partial charge in [-0.05, 0) is 54.8 Å². The number of benzene rings is 2. The first kappa shape index (κ1) is 22.4. The Hall–Kier alpha value is -1.27. The Morgan fingerprint density at radius 1 is 1.21 bits per heavy atom. The highest BCUT2D eigenvalue weighted by atomic mass is 35.5. The molecular formula is C22H25Cl2FN2OS. The van der Waals surface area contributed by atoms with Crippen molar-refractivity contribution in [3.05, 3.63) is 69.5 Å². The van der Waals surface area contributed by atoms with Crippen LogP contribution in [0.15, 0.2) is 42.5 Å². The Morgan fingerprint density at radius 3 is 2.76 bits per heavy atom. The summed E-state index contributed by atoms with van der Waals surface area (Å²) in [4.78, 5) is 14.8. The zero-order valence-electron chi connectivity index (χ0n) is 16.2. The van der Waals surface area contributed by atoms with Crippen LogP contribution in [0.1, 0.15) is 24.0 Å². The number of nitrogens with zero attached hydrogens (tertiary/aromatic N) is 1.